The number of ether oxygens (including phenoxy) is 1. The Morgan fingerprint density at radius 3 is 2.50 bits per heavy atom. The zero-order valence-electron chi connectivity index (χ0n) is 14.0. The summed E-state index contributed by atoms with van der Waals surface area (Å²) in [7, 11) is 0. The van der Waals surface area contributed by atoms with Crippen LogP contribution < -0.4 is 4.74 Å². The zero-order valence-corrected chi connectivity index (χ0v) is 15.5. The van der Waals surface area contributed by atoms with Crippen molar-refractivity contribution in [1.29, 1.82) is 0 Å². The molecule has 6 heteroatoms. The van der Waals surface area contributed by atoms with Crippen molar-refractivity contribution < 1.29 is 19.1 Å². The van der Waals surface area contributed by atoms with Crippen molar-refractivity contribution in [1.82, 2.24) is 0 Å². The predicted octanol–water partition coefficient (Wildman–Crippen LogP) is 5.52. The molecular formula is C20H16Cl2O4. The molecule has 0 bridgehead atoms. The summed E-state index contributed by atoms with van der Waals surface area (Å²) in [5, 5.41) is 11.0. The summed E-state index contributed by atoms with van der Waals surface area (Å²) in [6.07, 6.45) is 3.60. The van der Waals surface area contributed by atoms with Gasteiger partial charge in [0.25, 0.3) is 0 Å². The molecule has 0 saturated carbocycles. The van der Waals surface area contributed by atoms with E-state index in [-0.39, 0.29) is 18.1 Å². The van der Waals surface area contributed by atoms with Crippen LogP contribution in [0.3, 0.4) is 0 Å². The zero-order chi connectivity index (χ0) is 18.7. The van der Waals surface area contributed by atoms with E-state index in [2.05, 4.69) is 0 Å². The van der Waals surface area contributed by atoms with Crippen LogP contribution in [0.15, 0.2) is 53.3 Å². The Balaban J connectivity index is 1.87. The van der Waals surface area contributed by atoms with Gasteiger partial charge in [-0.1, -0.05) is 29.3 Å². The smallest absolute Gasteiger partial charge is 0.167 e. The number of Topliss-reactive ketones (excluding diaryl/α,β-unsaturated/α-hetero) is 1. The number of hydrogen-bond donors (Lipinski definition) is 1. The van der Waals surface area contributed by atoms with Gasteiger partial charge in [-0.2, -0.15) is 0 Å². The standard InChI is InChI=1S/C20H16Cl2O4/c1-12(23)10-26-15-8-18(21)17(19(22)9-15)7-13-2-3-20(24)16(6-13)14-4-5-25-11-14/h2-6,8-9,11,24H,7,10H2,1H3. The van der Waals surface area contributed by atoms with Gasteiger partial charge in [-0.25, -0.2) is 0 Å². The van der Waals surface area contributed by atoms with Gasteiger partial charge in [0.15, 0.2) is 5.78 Å². The fourth-order valence-corrected chi connectivity index (χ4v) is 3.16. The number of benzene rings is 2. The lowest BCUT2D eigenvalue weighted by molar-refractivity contribution is -0.118. The molecule has 3 rings (SSSR count). The third kappa shape index (κ3) is 4.21. The molecule has 0 amide bonds. The number of phenolic OH excluding ortho intramolecular Hbond substituents is 1. The topological polar surface area (TPSA) is 59.7 Å². The van der Waals surface area contributed by atoms with Crippen molar-refractivity contribution >= 4 is 29.0 Å². The first-order valence-corrected chi connectivity index (χ1v) is 8.64. The van der Waals surface area contributed by atoms with Crippen molar-refractivity contribution in [3.8, 4) is 22.6 Å². The van der Waals surface area contributed by atoms with E-state index in [1.165, 1.54) is 6.92 Å². The highest BCUT2D eigenvalue weighted by molar-refractivity contribution is 6.36. The number of phenols is 1. The highest BCUT2D eigenvalue weighted by Crippen LogP contribution is 2.35. The first-order chi connectivity index (χ1) is 12.4. The Kier molecular flexibility index (Phi) is 5.55. The number of carbonyl (C=O) groups is 1. The molecule has 4 nitrogen and oxygen atoms in total. The molecule has 0 aliphatic carbocycles. The summed E-state index contributed by atoms with van der Waals surface area (Å²) in [5.41, 5.74) is 3.13. The maximum absolute atomic E-state index is 11.0. The van der Waals surface area contributed by atoms with Crippen LogP contribution in [-0.4, -0.2) is 17.5 Å². The Morgan fingerprint density at radius 2 is 1.88 bits per heavy atom. The fraction of sp³-hybridized carbons (Fsp3) is 0.150. The van der Waals surface area contributed by atoms with E-state index >= 15 is 0 Å². The molecule has 1 heterocycles. The average molecular weight is 391 g/mol. The molecule has 134 valence electrons. The summed E-state index contributed by atoms with van der Waals surface area (Å²) in [4.78, 5) is 11.0. The minimum absolute atomic E-state index is 0.0297. The second kappa shape index (κ2) is 7.85. The van der Waals surface area contributed by atoms with E-state index in [0.29, 0.717) is 27.8 Å². The van der Waals surface area contributed by atoms with Crippen LogP contribution in [0, 0.1) is 0 Å². The summed E-state index contributed by atoms with van der Waals surface area (Å²) < 4.78 is 10.4. The molecule has 1 N–H and O–H groups in total. The summed E-state index contributed by atoms with van der Waals surface area (Å²) in [6.45, 7) is 1.41. The van der Waals surface area contributed by atoms with E-state index in [1.54, 1.807) is 36.8 Å². The highest BCUT2D eigenvalue weighted by atomic mass is 35.5. The molecule has 2 aromatic carbocycles. The highest BCUT2D eigenvalue weighted by Gasteiger charge is 2.13. The molecular weight excluding hydrogens is 375 g/mol. The number of hydrogen-bond acceptors (Lipinski definition) is 4. The molecule has 0 atom stereocenters. The first-order valence-electron chi connectivity index (χ1n) is 7.88. The van der Waals surface area contributed by atoms with Crippen LogP contribution in [0.1, 0.15) is 18.1 Å². The van der Waals surface area contributed by atoms with Gasteiger partial charge in [-0.05, 0) is 48.4 Å². The number of halogens is 2. The molecule has 1 aromatic heterocycles. The van der Waals surface area contributed by atoms with Crippen LogP contribution >= 0.6 is 23.2 Å². The minimum atomic E-state index is -0.0859. The largest absolute Gasteiger partial charge is 0.507 e. The van der Waals surface area contributed by atoms with Gasteiger partial charge in [0.2, 0.25) is 0 Å². The number of aromatic hydroxyl groups is 1. The minimum Gasteiger partial charge on any atom is -0.507 e. The van der Waals surface area contributed by atoms with Crippen molar-refractivity contribution in [2.24, 2.45) is 0 Å². The van der Waals surface area contributed by atoms with E-state index < -0.39 is 0 Å². The second-order valence-electron chi connectivity index (χ2n) is 5.90. The van der Waals surface area contributed by atoms with Crippen molar-refractivity contribution in [2.75, 3.05) is 6.61 Å². The van der Waals surface area contributed by atoms with Gasteiger partial charge >= 0.3 is 0 Å². The van der Waals surface area contributed by atoms with E-state index in [4.69, 9.17) is 32.4 Å². The van der Waals surface area contributed by atoms with Crippen LogP contribution in [0.2, 0.25) is 10.0 Å². The van der Waals surface area contributed by atoms with Crippen LogP contribution in [0.25, 0.3) is 11.1 Å². The molecule has 0 radical (unpaired) electrons. The quantitative estimate of drug-likeness (QED) is 0.601. The van der Waals surface area contributed by atoms with Crippen molar-refractivity contribution in [3.05, 3.63) is 70.1 Å². The van der Waals surface area contributed by atoms with Crippen LogP contribution in [0.5, 0.6) is 11.5 Å². The van der Waals surface area contributed by atoms with Crippen molar-refractivity contribution in [2.45, 2.75) is 13.3 Å². The predicted molar refractivity (Wildman–Crippen MR) is 101 cm³/mol. The Bertz CT molecular complexity index is 910. The van der Waals surface area contributed by atoms with Gasteiger partial charge in [0, 0.05) is 27.6 Å². The molecule has 0 aliphatic heterocycles. The Morgan fingerprint density at radius 1 is 1.15 bits per heavy atom. The van der Waals surface area contributed by atoms with Gasteiger partial charge in [-0.15, -0.1) is 0 Å². The van der Waals surface area contributed by atoms with E-state index in [9.17, 15) is 9.90 Å². The number of carbonyl (C=O) groups excluding carboxylic acids is 1. The van der Waals surface area contributed by atoms with Gasteiger partial charge < -0.3 is 14.3 Å². The summed E-state index contributed by atoms with van der Waals surface area (Å²) in [5.74, 6) is 0.529. The third-order valence-corrected chi connectivity index (χ3v) is 4.51. The van der Waals surface area contributed by atoms with E-state index in [1.807, 2.05) is 12.1 Å². The normalized spacial score (nSPS) is 10.7. The molecule has 0 unspecified atom stereocenters. The van der Waals surface area contributed by atoms with Gasteiger partial charge in [-0.3, -0.25) is 4.79 Å². The monoisotopic (exact) mass is 390 g/mol. The summed E-state index contributed by atoms with van der Waals surface area (Å²) in [6, 6.07) is 10.4. The number of ketones is 1. The second-order valence-corrected chi connectivity index (χ2v) is 6.71. The number of rotatable bonds is 6. The van der Waals surface area contributed by atoms with Gasteiger partial charge in [0.05, 0.1) is 12.5 Å². The molecule has 0 saturated heterocycles. The molecule has 0 spiro atoms. The average Bonchev–Trinajstić information content (AvgIpc) is 3.12. The van der Waals surface area contributed by atoms with Gasteiger partial charge in [0.1, 0.15) is 18.1 Å². The lowest BCUT2D eigenvalue weighted by atomic mass is 9.99. The first kappa shape index (κ1) is 18.4. The van der Waals surface area contributed by atoms with Crippen LogP contribution in [0.4, 0.5) is 0 Å². The molecule has 0 aliphatic rings. The van der Waals surface area contributed by atoms with Crippen LogP contribution in [-0.2, 0) is 11.2 Å². The lowest BCUT2D eigenvalue weighted by Gasteiger charge is -2.12. The molecule has 26 heavy (non-hydrogen) atoms. The Labute approximate surface area is 160 Å². The van der Waals surface area contributed by atoms with E-state index in [0.717, 1.165) is 16.7 Å². The number of furan rings is 1. The molecule has 3 aromatic rings. The third-order valence-electron chi connectivity index (χ3n) is 3.83. The maximum Gasteiger partial charge on any atom is 0.167 e. The van der Waals surface area contributed by atoms with Crippen molar-refractivity contribution in [3.63, 3.8) is 0 Å². The molecule has 0 fully saturated rings. The maximum atomic E-state index is 11.0. The Hall–Kier alpha value is -2.43. The SMILES string of the molecule is CC(=O)COc1cc(Cl)c(Cc2ccc(O)c(-c3ccoc3)c2)c(Cl)c1. The fourth-order valence-electron chi connectivity index (χ4n) is 2.56. The lowest BCUT2D eigenvalue weighted by Crippen LogP contribution is -2.06. The summed E-state index contributed by atoms with van der Waals surface area (Å²) >= 11 is 12.7.